The average molecular weight is 133 g/mol. The normalized spacial score (nSPS) is 12.0. The third kappa shape index (κ3) is 7.88. The van der Waals surface area contributed by atoms with Crippen molar-refractivity contribution < 1.29 is 9.94 Å². The standard InChI is InChI=1S/C6H15NO2/c1-6(2,8)4-5-7-9-3/h7-8H,4-5H2,1-3H3. The van der Waals surface area contributed by atoms with Gasteiger partial charge in [0.15, 0.2) is 0 Å². The van der Waals surface area contributed by atoms with Gasteiger partial charge in [-0.15, -0.1) is 0 Å². The second-order valence-corrected chi connectivity index (χ2v) is 2.66. The van der Waals surface area contributed by atoms with Crippen molar-refractivity contribution in [3.05, 3.63) is 0 Å². The quantitative estimate of drug-likeness (QED) is 0.428. The van der Waals surface area contributed by atoms with Crippen LogP contribution in [0.4, 0.5) is 0 Å². The minimum Gasteiger partial charge on any atom is -0.390 e. The predicted molar refractivity (Wildman–Crippen MR) is 35.9 cm³/mol. The summed E-state index contributed by atoms with van der Waals surface area (Å²) in [5.41, 5.74) is 2.05. The smallest absolute Gasteiger partial charge is 0.0604 e. The largest absolute Gasteiger partial charge is 0.390 e. The molecule has 0 atom stereocenters. The highest BCUT2D eigenvalue weighted by Crippen LogP contribution is 2.04. The highest BCUT2D eigenvalue weighted by molar-refractivity contribution is 4.64. The van der Waals surface area contributed by atoms with Crippen LogP contribution in [0.3, 0.4) is 0 Å². The molecular weight excluding hydrogens is 118 g/mol. The van der Waals surface area contributed by atoms with Gasteiger partial charge in [-0.3, -0.25) is 0 Å². The number of hydroxylamine groups is 1. The molecule has 0 rings (SSSR count). The first kappa shape index (κ1) is 8.88. The lowest BCUT2D eigenvalue weighted by atomic mass is 10.1. The molecule has 2 N–H and O–H groups in total. The fraction of sp³-hybridized carbons (Fsp3) is 1.00. The number of aliphatic hydroxyl groups is 1. The van der Waals surface area contributed by atoms with Crippen LogP contribution in [-0.2, 0) is 4.84 Å². The van der Waals surface area contributed by atoms with Crippen LogP contribution in [0.2, 0.25) is 0 Å². The van der Waals surface area contributed by atoms with E-state index in [1.54, 1.807) is 21.0 Å². The fourth-order valence-electron chi connectivity index (χ4n) is 0.459. The molecule has 0 aromatic heterocycles. The lowest BCUT2D eigenvalue weighted by Gasteiger charge is -2.15. The minimum atomic E-state index is -0.592. The number of rotatable bonds is 4. The molecule has 0 saturated heterocycles. The fourth-order valence-corrected chi connectivity index (χ4v) is 0.459. The lowest BCUT2D eigenvalue weighted by Crippen LogP contribution is -2.25. The topological polar surface area (TPSA) is 41.5 Å². The maximum Gasteiger partial charge on any atom is 0.0604 e. The van der Waals surface area contributed by atoms with Crippen LogP contribution >= 0.6 is 0 Å². The zero-order valence-corrected chi connectivity index (χ0v) is 6.27. The van der Waals surface area contributed by atoms with Crippen LogP contribution in [0.1, 0.15) is 20.3 Å². The summed E-state index contributed by atoms with van der Waals surface area (Å²) in [7, 11) is 1.56. The Kier molecular flexibility index (Phi) is 3.77. The van der Waals surface area contributed by atoms with Gasteiger partial charge in [-0.25, -0.2) is 5.48 Å². The summed E-state index contributed by atoms with van der Waals surface area (Å²) in [5.74, 6) is 0. The Morgan fingerprint density at radius 1 is 1.56 bits per heavy atom. The van der Waals surface area contributed by atoms with E-state index in [0.717, 1.165) is 0 Å². The third-order valence-corrected chi connectivity index (χ3v) is 0.983. The summed E-state index contributed by atoms with van der Waals surface area (Å²) in [6, 6.07) is 0. The summed E-state index contributed by atoms with van der Waals surface area (Å²) in [5, 5.41) is 9.15. The number of hydrogen-bond acceptors (Lipinski definition) is 3. The van der Waals surface area contributed by atoms with Crippen LogP contribution in [0.25, 0.3) is 0 Å². The van der Waals surface area contributed by atoms with Crippen LogP contribution in [0, 0.1) is 0 Å². The summed E-state index contributed by atoms with van der Waals surface area (Å²) < 4.78 is 0. The van der Waals surface area contributed by atoms with E-state index in [2.05, 4.69) is 10.3 Å². The van der Waals surface area contributed by atoms with Crippen molar-refractivity contribution in [3.63, 3.8) is 0 Å². The molecule has 0 unspecified atom stereocenters. The predicted octanol–water partition coefficient (Wildman–Crippen LogP) is 0.298. The third-order valence-electron chi connectivity index (χ3n) is 0.983. The van der Waals surface area contributed by atoms with Crippen molar-refractivity contribution in [2.24, 2.45) is 0 Å². The van der Waals surface area contributed by atoms with Gasteiger partial charge in [-0.2, -0.15) is 0 Å². The van der Waals surface area contributed by atoms with Crippen molar-refractivity contribution in [1.29, 1.82) is 0 Å². The number of hydrogen-bond donors (Lipinski definition) is 2. The first-order valence-corrected chi connectivity index (χ1v) is 3.04. The van der Waals surface area contributed by atoms with Gasteiger partial charge in [0.2, 0.25) is 0 Å². The maximum absolute atomic E-state index is 9.15. The molecule has 0 saturated carbocycles. The first-order valence-electron chi connectivity index (χ1n) is 3.04. The molecule has 9 heavy (non-hydrogen) atoms. The number of nitrogens with one attached hydrogen (secondary N) is 1. The van der Waals surface area contributed by atoms with Crippen LogP contribution in [-0.4, -0.2) is 24.4 Å². The van der Waals surface area contributed by atoms with E-state index in [-0.39, 0.29) is 0 Å². The molecule has 3 heteroatoms. The van der Waals surface area contributed by atoms with E-state index >= 15 is 0 Å². The zero-order valence-electron chi connectivity index (χ0n) is 6.27. The molecule has 0 radical (unpaired) electrons. The average Bonchev–Trinajstić information content (AvgIpc) is 1.63. The van der Waals surface area contributed by atoms with E-state index < -0.39 is 5.60 Å². The Bertz CT molecular complexity index is 67.9. The van der Waals surface area contributed by atoms with Crippen molar-refractivity contribution in [2.45, 2.75) is 25.9 Å². The molecule has 0 aromatic carbocycles. The summed E-state index contributed by atoms with van der Waals surface area (Å²) in [4.78, 5) is 4.58. The molecule has 3 nitrogen and oxygen atoms in total. The molecule has 0 heterocycles. The van der Waals surface area contributed by atoms with Crippen LogP contribution in [0.15, 0.2) is 0 Å². The highest BCUT2D eigenvalue weighted by Gasteiger charge is 2.10. The van der Waals surface area contributed by atoms with Crippen molar-refractivity contribution >= 4 is 0 Å². The maximum atomic E-state index is 9.15. The Balaban J connectivity index is 3.07. The van der Waals surface area contributed by atoms with Gasteiger partial charge in [0.25, 0.3) is 0 Å². The van der Waals surface area contributed by atoms with Crippen LogP contribution < -0.4 is 5.48 Å². The molecule has 0 fully saturated rings. The van der Waals surface area contributed by atoms with E-state index in [4.69, 9.17) is 5.11 Å². The molecule has 56 valence electrons. The van der Waals surface area contributed by atoms with Gasteiger partial charge in [-0.05, 0) is 20.3 Å². The van der Waals surface area contributed by atoms with E-state index in [0.29, 0.717) is 13.0 Å². The minimum absolute atomic E-state index is 0.592. The summed E-state index contributed by atoms with van der Waals surface area (Å²) in [6.07, 6.45) is 0.695. The molecule has 0 aliphatic heterocycles. The zero-order chi connectivity index (χ0) is 7.33. The molecule has 0 aliphatic carbocycles. The second-order valence-electron chi connectivity index (χ2n) is 2.66. The van der Waals surface area contributed by atoms with Crippen molar-refractivity contribution in [1.82, 2.24) is 5.48 Å². The first-order chi connectivity index (χ1) is 4.06. The van der Waals surface area contributed by atoms with Gasteiger partial charge >= 0.3 is 0 Å². The molecule has 0 aliphatic rings. The van der Waals surface area contributed by atoms with E-state index in [1.807, 2.05) is 0 Å². The van der Waals surface area contributed by atoms with Crippen molar-refractivity contribution in [3.8, 4) is 0 Å². The molecular formula is C6H15NO2. The molecule has 0 spiro atoms. The van der Waals surface area contributed by atoms with Gasteiger partial charge in [0.05, 0.1) is 12.7 Å². The Morgan fingerprint density at radius 3 is 2.44 bits per heavy atom. The van der Waals surface area contributed by atoms with Gasteiger partial charge in [-0.1, -0.05) is 0 Å². The summed E-state index contributed by atoms with van der Waals surface area (Å²) >= 11 is 0. The van der Waals surface area contributed by atoms with Crippen LogP contribution in [0.5, 0.6) is 0 Å². The Hall–Kier alpha value is -0.120. The van der Waals surface area contributed by atoms with E-state index in [1.165, 1.54) is 0 Å². The molecule has 0 aromatic rings. The molecule has 0 amide bonds. The Labute approximate surface area is 56.0 Å². The van der Waals surface area contributed by atoms with Gasteiger partial charge in [0, 0.05) is 6.54 Å². The monoisotopic (exact) mass is 133 g/mol. The SMILES string of the molecule is CONCCC(C)(C)O. The lowest BCUT2D eigenvalue weighted by molar-refractivity contribution is 0.0384. The molecule has 0 bridgehead atoms. The van der Waals surface area contributed by atoms with Crippen molar-refractivity contribution in [2.75, 3.05) is 13.7 Å². The van der Waals surface area contributed by atoms with E-state index in [9.17, 15) is 0 Å². The Morgan fingerprint density at radius 2 is 2.11 bits per heavy atom. The summed E-state index contributed by atoms with van der Waals surface area (Å²) in [6.45, 7) is 4.22. The second kappa shape index (κ2) is 3.82. The highest BCUT2D eigenvalue weighted by atomic mass is 16.6. The van der Waals surface area contributed by atoms with Gasteiger partial charge < -0.3 is 9.94 Å². The van der Waals surface area contributed by atoms with Gasteiger partial charge in [0.1, 0.15) is 0 Å².